The number of amides is 3. The Labute approximate surface area is 194 Å². The van der Waals surface area contributed by atoms with Crippen LogP contribution >= 0.6 is 35.4 Å². The number of ether oxygens (including phenoxy) is 1. The second-order valence-electron chi connectivity index (χ2n) is 6.20. The van der Waals surface area contributed by atoms with Crippen LogP contribution in [0, 0.1) is 0 Å². The second kappa shape index (κ2) is 12.1. The molecule has 2 aromatic carbocycles. The van der Waals surface area contributed by atoms with E-state index in [1.807, 2.05) is 6.92 Å². The zero-order valence-corrected chi connectivity index (χ0v) is 18.8. The van der Waals surface area contributed by atoms with Crippen LogP contribution in [0.3, 0.4) is 0 Å². The van der Waals surface area contributed by atoms with Gasteiger partial charge in [0.2, 0.25) is 5.91 Å². The quantitative estimate of drug-likeness (QED) is 0.355. The highest BCUT2D eigenvalue weighted by Gasteiger charge is 2.10. The van der Waals surface area contributed by atoms with Crippen molar-refractivity contribution in [2.75, 3.05) is 11.9 Å². The summed E-state index contributed by atoms with van der Waals surface area (Å²) in [5.41, 5.74) is 5.71. The Balaban J connectivity index is 1.75. The van der Waals surface area contributed by atoms with Crippen LogP contribution in [0.15, 0.2) is 42.5 Å². The predicted molar refractivity (Wildman–Crippen MR) is 123 cm³/mol. The number of rotatable bonds is 7. The fourth-order valence-electron chi connectivity index (χ4n) is 2.27. The first-order valence-electron chi connectivity index (χ1n) is 9.16. The molecule has 3 amide bonds. The van der Waals surface area contributed by atoms with E-state index in [1.54, 1.807) is 30.3 Å². The fraction of sp³-hybridized carbons (Fsp3) is 0.200. The standard InChI is InChI=1S/C20H20Cl2N4O4S/c1-2-3-17(27)23-14-7-4-12(5-8-14)19(29)25-26-20(31)24-18(28)11-30-16-9-6-13(21)10-15(16)22/h4-10H,2-3,11H2,1H3,(H,23,27)(H,25,29)(H2,24,26,28,31). The molecule has 0 spiro atoms. The number of thiocarbonyl (C=S) groups is 1. The number of halogens is 2. The van der Waals surface area contributed by atoms with Crippen LogP contribution in [0.1, 0.15) is 30.1 Å². The third kappa shape index (κ3) is 8.41. The van der Waals surface area contributed by atoms with Crippen LogP contribution in [-0.4, -0.2) is 29.4 Å². The Morgan fingerprint density at radius 1 is 1.00 bits per heavy atom. The van der Waals surface area contributed by atoms with E-state index in [9.17, 15) is 14.4 Å². The van der Waals surface area contributed by atoms with Crippen molar-refractivity contribution in [1.29, 1.82) is 0 Å². The Kier molecular flexibility index (Phi) is 9.51. The number of nitrogens with one attached hydrogen (secondary N) is 4. The number of carbonyl (C=O) groups is 3. The molecular formula is C20H20Cl2N4O4S. The fourth-order valence-corrected chi connectivity index (χ4v) is 2.90. The summed E-state index contributed by atoms with van der Waals surface area (Å²) in [6.45, 7) is 1.57. The maximum atomic E-state index is 12.2. The summed E-state index contributed by atoms with van der Waals surface area (Å²) in [5, 5.41) is 5.68. The molecule has 0 atom stereocenters. The van der Waals surface area contributed by atoms with Crippen molar-refractivity contribution in [3.8, 4) is 5.75 Å². The number of carbonyl (C=O) groups excluding carboxylic acids is 3. The third-order valence-corrected chi connectivity index (χ3v) is 4.44. The first-order chi connectivity index (χ1) is 14.8. The van der Waals surface area contributed by atoms with Gasteiger partial charge < -0.3 is 10.1 Å². The molecule has 2 aromatic rings. The van der Waals surface area contributed by atoms with Gasteiger partial charge in [-0.2, -0.15) is 0 Å². The topological polar surface area (TPSA) is 109 Å². The van der Waals surface area contributed by atoms with Crippen LogP contribution in [0.25, 0.3) is 0 Å². The number of hydrogen-bond donors (Lipinski definition) is 4. The van der Waals surface area contributed by atoms with Gasteiger partial charge in [0, 0.05) is 22.7 Å². The van der Waals surface area contributed by atoms with E-state index >= 15 is 0 Å². The van der Waals surface area contributed by atoms with Crippen molar-refractivity contribution in [3.05, 3.63) is 58.1 Å². The maximum Gasteiger partial charge on any atom is 0.269 e. The first kappa shape index (κ1) is 24.4. The normalized spacial score (nSPS) is 10.0. The predicted octanol–water partition coefficient (Wildman–Crippen LogP) is 3.45. The number of anilines is 1. The minimum atomic E-state index is -0.551. The smallest absolute Gasteiger partial charge is 0.269 e. The van der Waals surface area contributed by atoms with Gasteiger partial charge in [-0.15, -0.1) is 0 Å². The Morgan fingerprint density at radius 3 is 2.35 bits per heavy atom. The van der Waals surface area contributed by atoms with E-state index < -0.39 is 11.8 Å². The average Bonchev–Trinajstić information content (AvgIpc) is 2.72. The largest absolute Gasteiger partial charge is 0.482 e. The summed E-state index contributed by atoms with van der Waals surface area (Å²) in [6.07, 6.45) is 1.17. The van der Waals surface area contributed by atoms with Gasteiger partial charge in [0.25, 0.3) is 11.8 Å². The monoisotopic (exact) mass is 482 g/mol. The second-order valence-corrected chi connectivity index (χ2v) is 7.45. The van der Waals surface area contributed by atoms with Crippen molar-refractivity contribution in [1.82, 2.24) is 16.2 Å². The summed E-state index contributed by atoms with van der Waals surface area (Å²) in [5.74, 6) is -0.829. The lowest BCUT2D eigenvalue weighted by Gasteiger charge is -2.12. The van der Waals surface area contributed by atoms with Crippen molar-refractivity contribution >= 4 is 63.9 Å². The highest BCUT2D eigenvalue weighted by molar-refractivity contribution is 7.80. The van der Waals surface area contributed by atoms with E-state index in [4.69, 9.17) is 40.2 Å². The Hall–Kier alpha value is -2.88. The van der Waals surface area contributed by atoms with Gasteiger partial charge in [0.15, 0.2) is 11.7 Å². The zero-order valence-electron chi connectivity index (χ0n) is 16.5. The van der Waals surface area contributed by atoms with Gasteiger partial charge in [-0.1, -0.05) is 30.1 Å². The highest BCUT2D eigenvalue weighted by atomic mass is 35.5. The van der Waals surface area contributed by atoms with Crippen LogP contribution < -0.4 is 26.2 Å². The molecule has 0 saturated heterocycles. The lowest BCUT2D eigenvalue weighted by molar-refractivity contribution is -0.121. The number of hydrazine groups is 1. The summed E-state index contributed by atoms with van der Waals surface area (Å²) in [6, 6.07) is 10.9. The molecule has 0 aliphatic heterocycles. The van der Waals surface area contributed by atoms with Crippen molar-refractivity contribution in [2.45, 2.75) is 19.8 Å². The molecule has 4 N–H and O–H groups in total. The third-order valence-electron chi connectivity index (χ3n) is 3.70. The summed E-state index contributed by atoms with van der Waals surface area (Å²) < 4.78 is 5.30. The summed E-state index contributed by atoms with van der Waals surface area (Å²) in [4.78, 5) is 35.7. The minimum Gasteiger partial charge on any atom is -0.482 e. The van der Waals surface area contributed by atoms with Gasteiger partial charge in [-0.05, 0) is 61.1 Å². The molecule has 0 unspecified atom stereocenters. The maximum absolute atomic E-state index is 12.2. The van der Waals surface area contributed by atoms with Crippen LogP contribution in [0.5, 0.6) is 5.75 Å². The molecule has 0 bridgehead atoms. The van der Waals surface area contributed by atoms with Crippen LogP contribution in [0.2, 0.25) is 10.0 Å². The molecule has 8 nitrogen and oxygen atoms in total. The molecule has 164 valence electrons. The van der Waals surface area contributed by atoms with E-state index in [2.05, 4.69) is 21.5 Å². The van der Waals surface area contributed by atoms with Crippen LogP contribution in [0.4, 0.5) is 5.69 Å². The van der Waals surface area contributed by atoms with E-state index in [0.717, 1.165) is 6.42 Å². The van der Waals surface area contributed by atoms with E-state index in [1.165, 1.54) is 12.1 Å². The van der Waals surface area contributed by atoms with E-state index in [-0.39, 0.29) is 22.6 Å². The minimum absolute atomic E-state index is 0.0928. The molecular weight excluding hydrogens is 463 g/mol. The van der Waals surface area contributed by atoms with Crippen molar-refractivity contribution in [2.24, 2.45) is 0 Å². The number of benzene rings is 2. The van der Waals surface area contributed by atoms with Crippen molar-refractivity contribution < 1.29 is 19.1 Å². The van der Waals surface area contributed by atoms with Gasteiger partial charge in [-0.3, -0.25) is 30.6 Å². The number of hydrogen-bond acceptors (Lipinski definition) is 5. The average molecular weight is 483 g/mol. The van der Waals surface area contributed by atoms with E-state index in [0.29, 0.717) is 28.4 Å². The summed E-state index contributed by atoms with van der Waals surface area (Å²) >= 11 is 16.7. The molecule has 0 aromatic heterocycles. The lowest BCUT2D eigenvalue weighted by Crippen LogP contribution is -2.49. The van der Waals surface area contributed by atoms with Crippen LogP contribution in [-0.2, 0) is 9.59 Å². The summed E-state index contributed by atoms with van der Waals surface area (Å²) in [7, 11) is 0. The molecule has 2 rings (SSSR count). The molecule has 0 aliphatic rings. The molecule has 0 heterocycles. The first-order valence-corrected chi connectivity index (χ1v) is 10.3. The molecule has 0 fully saturated rings. The SMILES string of the molecule is CCCC(=O)Nc1ccc(C(=O)NNC(=S)NC(=O)COc2ccc(Cl)cc2Cl)cc1. The lowest BCUT2D eigenvalue weighted by atomic mass is 10.2. The van der Waals surface area contributed by atoms with Gasteiger partial charge >= 0.3 is 0 Å². The Morgan fingerprint density at radius 2 is 1.71 bits per heavy atom. The zero-order chi connectivity index (χ0) is 22.8. The highest BCUT2D eigenvalue weighted by Crippen LogP contribution is 2.27. The van der Waals surface area contributed by atoms with Crippen molar-refractivity contribution in [3.63, 3.8) is 0 Å². The molecule has 0 aliphatic carbocycles. The van der Waals surface area contributed by atoms with Gasteiger partial charge in [-0.25, -0.2) is 0 Å². The molecule has 0 radical (unpaired) electrons. The molecule has 31 heavy (non-hydrogen) atoms. The molecule has 0 saturated carbocycles. The van der Waals surface area contributed by atoms with Gasteiger partial charge in [0.1, 0.15) is 5.75 Å². The Bertz CT molecular complexity index is 970. The van der Waals surface area contributed by atoms with Gasteiger partial charge in [0.05, 0.1) is 5.02 Å². The molecule has 11 heteroatoms.